The number of rotatable bonds is 3. The standard InChI is InChI=1S/C12H12N6O/c1-7(11-15-17-18-16-11)14-12(19)9-3-2-4-10-8(9)5-6-13-10/h2-7,13H,1H3,(H,14,19)(H,15,16,17,18). The quantitative estimate of drug-likeness (QED) is 0.655. The number of benzene rings is 1. The molecule has 3 aromatic rings. The van der Waals surface area contributed by atoms with Crippen LogP contribution in [-0.2, 0) is 0 Å². The lowest BCUT2D eigenvalue weighted by molar-refractivity contribution is 0.0940. The summed E-state index contributed by atoms with van der Waals surface area (Å²) in [6.45, 7) is 1.81. The number of carbonyl (C=O) groups excluding carboxylic acids is 1. The second kappa shape index (κ2) is 4.52. The van der Waals surface area contributed by atoms with Gasteiger partial charge in [0.05, 0.1) is 6.04 Å². The van der Waals surface area contributed by atoms with Crippen LogP contribution in [0.25, 0.3) is 10.9 Å². The van der Waals surface area contributed by atoms with Gasteiger partial charge in [-0.1, -0.05) is 11.3 Å². The molecule has 1 aromatic carbocycles. The number of hydrogen-bond donors (Lipinski definition) is 3. The van der Waals surface area contributed by atoms with E-state index in [1.165, 1.54) is 0 Å². The van der Waals surface area contributed by atoms with E-state index >= 15 is 0 Å². The van der Waals surface area contributed by atoms with E-state index in [0.29, 0.717) is 11.4 Å². The van der Waals surface area contributed by atoms with E-state index in [1.54, 1.807) is 13.0 Å². The molecule has 3 rings (SSSR count). The number of amides is 1. The summed E-state index contributed by atoms with van der Waals surface area (Å²) in [6.07, 6.45) is 1.81. The van der Waals surface area contributed by atoms with E-state index in [-0.39, 0.29) is 11.9 Å². The smallest absolute Gasteiger partial charge is 0.252 e. The predicted molar refractivity (Wildman–Crippen MR) is 68.4 cm³/mol. The molecule has 1 unspecified atom stereocenters. The Balaban J connectivity index is 1.86. The number of fused-ring (bicyclic) bond motifs is 1. The molecule has 7 nitrogen and oxygen atoms in total. The van der Waals surface area contributed by atoms with E-state index < -0.39 is 0 Å². The third kappa shape index (κ3) is 2.05. The van der Waals surface area contributed by atoms with Crippen molar-refractivity contribution in [2.24, 2.45) is 0 Å². The molecule has 0 aliphatic rings. The van der Waals surface area contributed by atoms with Crippen LogP contribution in [0, 0.1) is 0 Å². The predicted octanol–water partition coefficient (Wildman–Crippen LogP) is 1.17. The Labute approximate surface area is 108 Å². The lowest BCUT2D eigenvalue weighted by atomic mass is 10.1. The van der Waals surface area contributed by atoms with Crippen molar-refractivity contribution in [2.45, 2.75) is 13.0 Å². The molecule has 0 bridgehead atoms. The second-order valence-electron chi connectivity index (χ2n) is 4.21. The number of aromatic amines is 2. The Bertz CT molecular complexity index is 702. The molecular weight excluding hydrogens is 244 g/mol. The highest BCUT2D eigenvalue weighted by atomic mass is 16.1. The molecule has 0 aliphatic carbocycles. The van der Waals surface area contributed by atoms with Crippen molar-refractivity contribution in [3.05, 3.63) is 41.9 Å². The summed E-state index contributed by atoms with van der Waals surface area (Å²) in [4.78, 5) is 15.3. The van der Waals surface area contributed by atoms with Crippen molar-refractivity contribution in [1.29, 1.82) is 0 Å². The lowest BCUT2D eigenvalue weighted by Crippen LogP contribution is -2.27. The molecule has 19 heavy (non-hydrogen) atoms. The Morgan fingerprint density at radius 1 is 1.37 bits per heavy atom. The van der Waals surface area contributed by atoms with Crippen LogP contribution in [0.15, 0.2) is 30.5 Å². The van der Waals surface area contributed by atoms with Gasteiger partial charge in [-0.25, -0.2) is 0 Å². The topological polar surface area (TPSA) is 99.4 Å². The minimum Gasteiger partial charge on any atom is -0.361 e. The highest BCUT2D eigenvalue weighted by Gasteiger charge is 2.16. The minimum absolute atomic E-state index is 0.164. The minimum atomic E-state index is -0.305. The number of aromatic nitrogens is 5. The van der Waals surface area contributed by atoms with Crippen LogP contribution in [-0.4, -0.2) is 31.5 Å². The monoisotopic (exact) mass is 256 g/mol. The van der Waals surface area contributed by atoms with Crippen LogP contribution in [0.5, 0.6) is 0 Å². The summed E-state index contributed by atoms with van der Waals surface area (Å²) >= 11 is 0. The van der Waals surface area contributed by atoms with Gasteiger partial charge in [0.25, 0.3) is 5.91 Å². The first kappa shape index (κ1) is 11.4. The average molecular weight is 256 g/mol. The van der Waals surface area contributed by atoms with Gasteiger partial charge < -0.3 is 10.3 Å². The van der Waals surface area contributed by atoms with Gasteiger partial charge in [-0.3, -0.25) is 4.79 Å². The fraction of sp³-hybridized carbons (Fsp3) is 0.167. The number of tetrazole rings is 1. The first-order chi connectivity index (χ1) is 9.25. The molecule has 2 aromatic heterocycles. The summed E-state index contributed by atoms with van der Waals surface area (Å²) in [6, 6.07) is 7.12. The number of carbonyl (C=O) groups is 1. The highest BCUT2D eigenvalue weighted by molar-refractivity contribution is 6.06. The Hall–Kier alpha value is -2.70. The lowest BCUT2D eigenvalue weighted by Gasteiger charge is -2.10. The fourth-order valence-corrected chi connectivity index (χ4v) is 1.98. The van der Waals surface area contributed by atoms with E-state index in [9.17, 15) is 4.79 Å². The van der Waals surface area contributed by atoms with Crippen molar-refractivity contribution in [1.82, 2.24) is 30.9 Å². The van der Waals surface area contributed by atoms with Crippen LogP contribution in [0.2, 0.25) is 0 Å². The van der Waals surface area contributed by atoms with Crippen molar-refractivity contribution in [3.8, 4) is 0 Å². The Morgan fingerprint density at radius 2 is 2.26 bits per heavy atom. The highest BCUT2D eigenvalue weighted by Crippen LogP contribution is 2.18. The molecule has 96 valence electrons. The summed E-state index contributed by atoms with van der Waals surface area (Å²) in [7, 11) is 0. The molecule has 0 saturated carbocycles. The van der Waals surface area contributed by atoms with Crippen LogP contribution >= 0.6 is 0 Å². The normalized spacial score (nSPS) is 12.5. The molecule has 2 heterocycles. The maximum absolute atomic E-state index is 12.3. The molecule has 0 saturated heterocycles. The van der Waals surface area contributed by atoms with Crippen LogP contribution < -0.4 is 5.32 Å². The molecule has 1 amide bonds. The van der Waals surface area contributed by atoms with Gasteiger partial charge in [-0.05, 0) is 25.1 Å². The largest absolute Gasteiger partial charge is 0.361 e. The number of H-pyrrole nitrogens is 2. The maximum Gasteiger partial charge on any atom is 0.252 e. The van der Waals surface area contributed by atoms with Crippen molar-refractivity contribution < 1.29 is 4.79 Å². The Morgan fingerprint density at radius 3 is 3.05 bits per heavy atom. The number of nitrogens with one attached hydrogen (secondary N) is 3. The van der Waals surface area contributed by atoms with Gasteiger partial charge in [0, 0.05) is 22.7 Å². The molecule has 0 spiro atoms. The molecule has 7 heteroatoms. The van der Waals surface area contributed by atoms with Gasteiger partial charge in [0.2, 0.25) is 0 Å². The zero-order valence-corrected chi connectivity index (χ0v) is 10.2. The van der Waals surface area contributed by atoms with Gasteiger partial charge in [0.15, 0.2) is 5.82 Å². The second-order valence-corrected chi connectivity index (χ2v) is 4.21. The Kier molecular flexibility index (Phi) is 2.71. The summed E-state index contributed by atoms with van der Waals surface area (Å²) in [5.74, 6) is 0.289. The molecule has 1 atom stereocenters. The zero-order chi connectivity index (χ0) is 13.2. The maximum atomic E-state index is 12.3. The molecule has 0 radical (unpaired) electrons. The van der Waals surface area contributed by atoms with E-state index in [4.69, 9.17) is 0 Å². The average Bonchev–Trinajstić information content (AvgIpc) is 3.08. The van der Waals surface area contributed by atoms with Crippen molar-refractivity contribution in [3.63, 3.8) is 0 Å². The summed E-state index contributed by atoms with van der Waals surface area (Å²) in [5, 5.41) is 17.3. The molecule has 0 fully saturated rings. The molecular formula is C12H12N6O. The van der Waals surface area contributed by atoms with Gasteiger partial charge >= 0.3 is 0 Å². The van der Waals surface area contributed by atoms with Crippen LogP contribution in [0.1, 0.15) is 29.1 Å². The number of hydrogen-bond acceptors (Lipinski definition) is 4. The van der Waals surface area contributed by atoms with Crippen molar-refractivity contribution in [2.75, 3.05) is 0 Å². The van der Waals surface area contributed by atoms with Crippen LogP contribution in [0.3, 0.4) is 0 Å². The third-order valence-electron chi connectivity index (χ3n) is 2.94. The first-order valence-corrected chi connectivity index (χ1v) is 5.86. The fourth-order valence-electron chi connectivity index (χ4n) is 1.98. The number of nitrogens with zero attached hydrogens (tertiary/aromatic N) is 3. The SMILES string of the molecule is CC(NC(=O)c1cccc2[nH]ccc12)c1nn[nH]n1. The van der Waals surface area contributed by atoms with Gasteiger partial charge in [-0.2, -0.15) is 5.21 Å². The summed E-state index contributed by atoms with van der Waals surface area (Å²) < 4.78 is 0. The summed E-state index contributed by atoms with van der Waals surface area (Å²) in [5.41, 5.74) is 1.55. The molecule has 0 aliphatic heterocycles. The van der Waals surface area contributed by atoms with E-state index in [1.807, 2.05) is 24.4 Å². The first-order valence-electron chi connectivity index (χ1n) is 5.86. The van der Waals surface area contributed by atoms with E-state index in [2.05, 4.69) is 30.9 Å². The van der Waals surface area contributed by atoms with Crippen molar-refractivity contribution >= 4 is 16.8 Å². The van der Waals surface area contributed by atoms with Gasteiger partial charge in [0.1, 0.15) is 0 Å². The molecule has 3 N–H and O–H groups in total. The van der Waals surface area contributed by atoms with E-state index in [0.717, 1.165) is 10.9 Å². The van der Waals surface area contributed by atoms with Gasteiger partial charge in [-0.15, -0.1) is 10.2 Å². The van der Waals surface area contributed by atoms with Crippen LogP contribution in [0.4, 0.5) is 0 Å². The zero-order valence-electron chi connectivity index (χ0n) is 10.2. The third-order valence-corrected chi connectivity index (χ3v) is 2.94.